The summed E-state index contributed by atoms with van der Waals surface area (Å²) >= 11 is 0. The number of hydrogen-bond acceptors (Lipinski definition) is 1. The number of allylic oxidation sites excluding steroid dienone is 1. The number of rotatable bonds is 4. The van der Waals surface area contributed by atoms with Crippen molar-refractivity contribution in [2.75, 3.05) is 0 Å². The first-order valence-electron chi connectivity index (χ1n) is 7.53. The fourth-order valence-electron chi connectivity index (χ4n) is 2.34. The molecule has 1 atom stereocenters. The van der Waals surface area contributed by atoms with E-state index in [-0.39, 0.29) is 5.56 Å². The van der Waals surface area contributed by atoms with Gasteiger partial charge in [0.1, 0.15) is 5.75 Å². The molecule has 0 heterocycles. The molecule has 0 aromatic heterocycles. The van der Waals surface area contributed by atoms with Gasteiger partial charge in [-0.2, -0.15) is 26.3 Å². The average Bonchev–Trinajstić information content (AvgIpc) is 2.52. The van der Waals surface area contributed by atoms with E-state index in [1.165, 1.54) is 6.07 Å². The molecule has 152 valence electrons. The van der Waals surface area contributed by atoms with Gasteiger partial charge < -0.3 is 4.74 Å². The number of alkyl halides is 9. The molecule has 2 aromatic carbocycles. The molecule has 0 saturated carbocycles. The van der Waals surface area contributed by atoms with Gasteiger partial charge in [-0.15, -0.1) is 13.2 Å². The van der Waals surface area contributed by atoms with Crippen LogP contribution >= 0.6 is 0 Å². The lowest BCUT2D eigenvalue weighted by molar-refractivity contribution is -0.274. The third-order valence-electron chi connectivity index (χ3n) is 3.50. The van der Waals surface area contributed by atoms with Crippen LogP contribution in [0.25, 0.3) is 6.08 Å². The van der Waals surface area contributed by atoms with Crippen LogP contribution in [-0.2, 0) is 6.18 Å². The molecular weight excluding hydrogens is 403 g/mol. The molecule has 0 radical (unpaired) electrons. The van der Waals surface area contributed by atoms with Crippen LogP contribution in [-0.4, -0.2) is 12.5 Å². The summed E-state index contributed by atoms with van der Waals surface area (Å²) in [5, 5.41) is 0. The minimum Gasteiger partial charge on any atom is -0.406 e. The summed E-state index contributed by atoms with van der Waals surface area (Å²) in [4.78, 5) is 0. The van der Waals surface area contributed by atoms with E-state index in [2.05, 4.69) is 4.74 Å². The maximum atomic E-state index is 13.4. The first kappa shape index (κ1) is 21.6. The summed E-state index contributed by atoms with van der Waals surface area (Å²) in [6, 6.07) is 6.92. The first-order chi connectivity index (χ1) is 12.8. The van der Waals surface area contributed by atoms with E-state index in [1.54, 1.807) is 0 Å². The zero-order chi connectivity index (χ0) is 21.2. The average molecular weight is 414 g/mol. The lowest BCUT2D eigenvalue weighted by atomic mass is 9.96. The van der Waals surface area contributed by atoms with Gasteiger partial charge >= 0.3 is 18.7 Å². The Morgan fingerprint density at radius 3 is 2.00 bits per heavy atom. The quantitative estimate of drug-likeness (QED) is 0.492. The molecule has 1 nitrogen and oxygen atoms in total. The number of ether oxygens (including phenoxy) is 1. The number of halogens is 9. The van der Waals surface area contributed by atoms with Gasteiger partial charge in [-0.1, -0.05) is 36.4 Å². The van der Waals surface area contributed by atoms with Crippen LogP contribution in [0.3, 0.4) is 0 Å². The van der Waals surface area contributed by atoms with E-state index in [1.807, 2.05) is 0 Å². The van der Waals surface area contributed by atoms with Gasteiger partial charge in [0.25, 0.3) is 0 Å². The van der Waals surface area contributed by atoms with Crippen LogP contribution in [0, 0.1) is 0 Å². The van der Waals surface area contributed by atoms with Crippen molar-refractivity contribution in [3.63, 3.8) is 0 Å². The van der Waals surface area contributed by atoms with Crippen molar-refractivity contribution in [3.8, 4) is 5.75 Å². The molecule has 0 aliphatic heterocycles. The van der Waals surface area contributed by atoms with E-state index in [9.17, 15) is 39.5 Å². The minimum absolute atomic E-state index is 0.147. The minimum atomic E-state index is -5.08. The predicted molar refractivity (Wildman–Crippen MR) is 82.4 cm³/mol. The summed E-state index contributed by atoms with van der Waals surface area (Å²) in [6.07, 6.45) is -13.3. The molecule has 0 aliphatic rings. The molecular formula is C18H11F9O. The molecule has 0 bridgehead atoms. The molecule has 0 spiro atoms. The van der Waals surface area contributed by atoms with Crippen molar-refractivity contribution < 1.29 is 44.3 Å². The van der Waals surface area contributed by atoms with Crippen molar-refractivity contribution in [2.45, 2.75) is 24.6 Å². The van der Waals surface area contributed by atoms with Gasteiger partial charge in [0.15, 0.2) is 0 Å². The predicted octanol–water partition coefficient (Wildman–Crippen LogP) is 6.96. The lowest BCUT2D eigenvalue weighted by Gasteiger charge is -2.18. The molecule has 1 unspecified atom stereocenters. The Morgan fingerprint density at radius 1 is 0.786 bits per heavy atom. The highest BCUT2D eigenvalue weighted by atomic mass is 19.4. The molecule has 10 heteroatoms. The number of benzene rings is 2. The normalized spacial score (nSPS) is 14.3. The second kappa shape index (κ2) is 7.76. The largest absolute Gasteiger partial charge is 0.573 e. The van der Waals surface area contributed by atoms with Crippen LogP contribution in [0.15, 0.2) is 54.6 Å². The monoisotopic (exact) mass is 414 g/mol. The summed E-state index contributed by atoms with van der Waals surface area (Å²) in [5.74, 6) is -3.19. The first-order valence-corrected chi connectivity index (χ1v) is 7.53. The fourth-order valence-corrected chi connectivity index (χ4v) is 2.34. The Morgan fingerprint density at radius 2 is 1.43 bits per heavy atom. The molecule has 0 N–H and O–H groups in total. The SMILES string of the molecule is FC(F)(F)Oc1cccc(C(/C=C/c2cccc(C(F)(F)F)c2)C(F)(F)F)c1. The van der Waals surface area contributed by atoms with Crippen LogP contribution in [0.4, 0.5) is 39.5 Å². The van der Waals surface area contributed by atoms with Crippen molar-refractivity contribution in [2.24, 2.45) is 0 Å². The maximum absolute atomic E-state index is 13.4. The lowest BCUT2D eigenvalue weighted by Crippen LogP contribution is -2.20. The molecule has 0 fully saturated rings. The van der Waals surface area contributed by atoms with Crippen molar-refractivity contribution in [1.82, 2.24) is 0 Å². The summed E-state index contributed by atoms with van der Waals surface area (Å²) in [6.45, 7) is 0. The van der Waals surface area contributed by atoms with Gasteiger partial charge in [-0.25, -0.2) is 0 Å². The van der Waals surface area contributed by atoms with Gasteiger partial charge in [-0.05, 0) is 35.4 Å². The third-order valence-corrected chi connectivity index (χ3v) is 3.50. The van der Waals surface area contributed by atoms with E-state index >= 15 is 0 Å². The van der Waals surface area contributed by atoms with Gasteiger partial charge in [0, 0.05) is 0 Å². The molecule has 0 aliphatic carbocycles. The smallest absolute Gasteiger partial charge is 0.406 e. The second-order valence-electron chi connectivity index (χ2n) is 5.62. The van der Waals surface area contributed by atoms with E-state index in [0.29, 0.717) is 18.2 Å². The Hall–Kier alpha value is -2.65. The Bertz CT molecular complexity index is 832. The van der Waals surface area contributed by atoms with Crippen LogP contribution in [0.2, 0.25) is 0 Å². The maximum Gasteiger partial charge on any atom is 0.573 e. The molecule has 0 saturated heterocycles. The topological polar surface area (TPSA) is 9.23 Å². The highest BCUT2D eigenvalue weighted by Gasteiger charge is 2.39. The standard InChI is InChI=1S/C18H11F9O/c19-16(20,21)13-5-1-3-11(9-13)7-8-15(17(22,23)24)12-4-2-6-14(10-12)28-18(25,26)27/h1-10,15H/b8-7+. The van der Waals surface area contributed by atoms with Crippen LogP contribution in [0.1, 0.15) is 22.6 Å². The second-order valence-corrected chi connectivity index (χ2v) is 5.62. The summed E-state index contributed by atoms with van der Waals surface area (Å²) < 4.78 is 119. The van der Waals surface area contributed by atoms with Crippen molar-refractivity contribution >= 4 is 6.08 Å². The molecule has 2 aromatic rings. The Balaban J connectivity index is 2.36. The van der Waals surface area contributed by atoms with E-state index < -0.39 is 41.5 Å². The zero-order valence-corrected chi connectivity index (χ0v) is 13.7. The van der Waals surface area contributed by atoms with E-state index in [4.69, 9.17) is 0 Å². The summed E-state index contributed by atoms with van der Waals surface area (Å²) in [5.41, 5.74) is -1.75. The summed E-state index contributed by atoms with van der Waals surface area (Å²) in [7, 11) is 0. The molecule has 28 heavy (non-hydrogen) atoms. The Kier molecular flexibility index (Phi) is 6.00. The van der Waals surface area contributed by atoms with Crippen LogP contribution in [0.5, 0.6) is 5.75 Å². The van der Waals surface area contributed by atoms with Gasteiger partial charge in [0.05, 0.1) is 11.5 Å². The van der Waals surface area contributed by atoms with Crippen molar-refractivity contribution in [1.29, 1.82) is 0 Å². The molecule has 0 amide bonds. The van der Waals surface area contributed by atoms with Crippen molar-refractivity contribution in [3.05, 3.63) is 71.3 Å². The van der Waals surface area contributed by atoms with Crippen LogP contribution < -0.4 is 4.74 Å². The molecule has 2 rings (SSSR count). The fraction of sp³-hybridized carbons (Fsp3) is 0.222. The Labute approximate surface area is 153 Å². The highest BCUT2D eigenvalue weighted by Crippen LogP contribution is 2.38. The zero-order valence-electron chi connectivity index (χ0n) is 13.7. The third kappa shape index (κ3) is 6.21. The van der Waals surface area contributed by atoms with E-state index in [0.717, 1.165) is 36.4 Å². The number of hydrogen-bond donors (Lipinski definition) is 0. The van der Waals surface area contributed by atoms with Gasteiger partial charge in [0.2, 0.25) is 0 Å². The van der Waals surface area contributed by atoms with Gasteiger partial charge in [-0.3, -0.25) is 0 Å². The highest BCUT2D eigenvalue weighted by molar-refractivity contribution is 5.53.